The van der Waals surface area contributed by atoms with E-state index in [9.17, 15) is 9.59 Å². The number of carbonyl (C=O) groups is 2. The number of thiophene rings is 1. The fraction of sp³-hybridized carbons (Fsp3) is 0.600. The first-order valence-electron chi connectivity index (χ1n) is 7.42. The molecule has 2 bridgehead atoms. The molecule has 2 aliphatic heterocycles. The minimum Gasteiger partial charge on any atom is -0.481 e. The van der Waals surface area contributed by atoms with Crippen molar-refractivity contribution in [2.45, 2.75) is 50.7 Å². The predicted molar refractivity (Wildman–Crippen MR) is 80.2 cm³/mol. The Hall–Kier alpha value is -1.56. The van der Waals surface area contributed by atoms with Gasteiger partial charge in [0.1, 0.15) is 0 Å². The molecule has 2 unspecified atom stereocenters. The van der Waals surface area contributed by atoms with Gasteiger partial charge >= 0.3 is 12.0 Å². The van der Waals surface area contributed by atoms with Crippen LogP contribution in [0.4, 0.5) is 4.79 Å². The van der Waals surface area contributed by atoms with Crippen LogP contribution in [0.2, 0.25) is 0 Å². The van der Waals surface area contributed by atoms with E-state index in [0.717, 1.165) is 31.2 Å². The van der Waals surface area contributed by atoms with Gasteiger partial charge in [0.05, 0.1) is 0 Å². The maximum Gasteiger partial charge on any atom is 0.318 e. The molecule has 6 heteroatoms. The summed E-state index contributed by atoms with van der Waals surface area (Å²) in [5.74, 6) is -0.504. The zero-order chi connectivity index (χ0) is 14.8. The van der Waals surface area contributed by atoms with E-state index in [1.165, 1.54) is 0 Å². The van der Waals surface area contributed by atoms with Gasteiger partial charge in [-0.2, -0.15) is 11.3 Å². The normalized spacial score (nSPS) is 27.6. The highest BCUT2D eigenvalue weighted by atomic mass is 32.1. The third-order valence-corrected chi connectivity index (χ3v) is 5.28. The van der Waals surface area contributed by atoms with Gasteiger partial charge in [0.15, 0.2) is 0 Å². The van der Waals surface area contributed by atoms with Crippen molar-refractivity contribution in [3.05, 3.63) is 22.4 Å². The van der Waals surface area contributed by atoms with Crippen LogP contribution in [0.25, 0.3) is 0 Å². The van der Waals surface area contributed by atoms with E-state index in [1.807, 2.05) is 21.7 Å². The number of fused-ring (bicyclic) bond motifs is 2. The summed E-state index contributed by atoms with van der Waals surface area (Å²) in [4.78, 5) is 25.2. The average molecular weight is 308 g/mol. The molecular weight excluding hydrogens is 288 g/mol. The van der Waals surface area contributed by atoms with Gasteiger partial charge < -0.3 is 15.3 Å². The predicted octanol–water partition coefficient (Wildman–Crippen LogP) is 2.68. The minimum atomic E-state index is -0.727. The van der Waals surface area contributed by atoms with Gasteiger partial charge in [-0.05, 0) is 54.0 Å². The van der Waals surface area contributed by atoms with E-state index in [1.54, 1.807) is 11.3 Å². The number of aliphatic carboxylic acids is 1. The second-order valence-corrected chi connectivity index (χ2v) is 6.80. The van der Waals surface area contributed by atoms with Crippen molar-refractivity contribution in [2.75, 3.05) is 0 Å². The molecule has 1 aromatic rings. The molecular formula is C15H20N2O3S. The molecule has 0 saturated carbocycles. The third kappa shape index (κ3) is 3.20. The standard InChI is InChI=1S/C15H20N2O3S/c18-14(19)7-11-5-12-1-2-13(6-11)17(12)15(20)16-8-10-3-4-21-9-10/h3-4,9,11-13H,1-2,5-8H2,(H,16,20)(H,18,19). The molecule has 2 N–H and O–H groups in total. The van der Waals surface area contributed by atoms with E-state index in [0.29, 0.717) is 6.54 Å². The summed E-state index contributed by atoms with van der Waals surface area (Å²) in [5.41, 5.74) is 1.13. The summed E-state index contributed by atoms with van der Waals surface area (Å²) < 4.78 is 0. The smallest absolute Gasteiger partial charge is 0.318 e. The summed E-state index contributed by atoms with van der Waals surface area (Å²) in [5, 5.41) is 16.0. The Morgan fingerprint density at radius 2 is 2.05 bits per heavy atom. The lowest BCUT2D eigenvalue weighted by molar-refractivity contribution is -0.138. The van der Waals surface area contributed by atoms with Crippen molar-refractivity contribution in [2.24, 2.45) is 5.92 Å². The number of amides is 2. The van der Waals surface area contributed by atoms with Crippen LogP contribution in [0, 0.1) is 5.92 Å². The van der Waals surface area contributed by atoms with Crippen LogP contribution in [0.15, 0.2) is 16.8 Å². The maximum absolute atomic E-state index is 12.4. The van der Waals surface area contributed by atoms with Crippen molar-refractivity contribution in [3.8, 4) is 0 Å². The number of carboxylic acids is 1. The number of nitrogens with zero attached hydrogens (tertiary/aromatic N) is 1. The Labute approximate surface area is 128 Å². The van der Waals surface area contributed by atoms with Crippen LogP contribution in [-0.2, 0) is 11.3 Å². The molecule has 2 aliphatic rings. The van der Waals surface area contributed by atoms with Crippen molar-refractivity contribution in [1.82, 2.24) is 10.2 Å². The third-order valence-electron chi connectivity index (χ3n) is 4.55. The molecule has 5 nitrogen and oxygen atoms in total. The summed E-state index contributed by atoms with van der Waals surface area (Å²) in [6.07, 6.45) is 3.90. The fourth-order valence-electron chi connectivity index (χ4n) is 3.70. The Morgan fingerprint density at radius 1 is 1.33 bits per heavy atom. The molecule has 2 saturated heterocycles. The first kappa shape index (κ1) is 14.4. The van der Waals surface area contributed by atoms with Crippen LogP contribution < -0.4 is 5.32 Å². The van der Waals surface area contributed by atoms with Crippen LogP contribution in [0.3, 0.4) is 0 Å². The van der Waals surface area contributed by atoms with Crippen molar-refractivity contribution in [3.63, 3.8) is 0 Å². The van der Waals surface area contributed by atoms with Crippen LogP contribution in [0.5, 0.6) is 0 Å². The van der Waals surface area contributed by atoms with Crippen LogP contribution >= 0.6 is 11.3 Å². The number of hydrogen-bond donors (Lipinski definition) is 2. The molecule has 2 atom stereocenters. The zero-order valence-corrected chi connectivity index (χ0v) is 12.6. The van der Waals surface area contributed by atoms with Gasteiger partial charge in [-0.3, -0.25) is 4.79 Å². The lowest BCUT2D eigenvalue weighted by atomic mass is 9.88. The molecule has 0 aromatic carbocycles. The summed E-state index contributed by atoms with van der Waals surface area (Å²) in [6, 6.07) is 2.45. The molecule has 2 amide bonds. The van der Waals surface area contributed by atoms with E-state index >= 15 is 0 Å². The number of rotatable bonds is 4. The summed E-state index contributed by atoms with van der Waals surface area (Å²) >= 11 is 1.63. The highest BCUT2D eigenvalue weighted by Gasteiger charge is 2.43. The molecule has 114 valence electrons. The van der Waals surface area contributed by atoms with Gasteiger partial charge in [0, 0.05) is 25.0 Å². The molecule has 0 spiro atoms. The van der Waals surface area contributed by atoms with Gasteiger partial charge in [-0.25, -0.2) is 4.79 Å². The van der Waals surface area contributed by atoms with Gasteiger partial charge in [-0.1, -0.05) is 0 Å². The lowest BCUT2D eigenvalue weighted by Crippen LogP contribution is -2.50. The Morgan fingerprint density at radius 3 is 2.62 bits per heavy atom. The summed E-state index contributed by atoms with van der Waals surface area (Å²) in [6.45, 7) is 0.566. The Bertz CT molecular complexity index is 503. The van der Waals surface area contributed by atoms with Crippen molar-refractivity contribution >= 4 is 23.3 Å². The number of carbonyl (C=O) groups excluding carboxylic acids is 1. The van der Waals surface area contributed by atoms with E-state index in [-0.39, 0.29) is 30.5 Å². The molecule has 0 aliphatic carbocycles. The Kier molecular flexibility index (Phi) is 4.14. The van der Waals surface area contributed by atoms with Crippen LogP contribution in [0.1, 0.15) is 37.7 Å². The quantitative estimate of drug-likeness (QED) is 0.898. The van der Waals surface area contributed by atoms with E-state index in [2.05, 4.69) is 5.32 Å². The first-order valence-corrected chi connectivity index (χ1v) is 8.37. The monoisotopic (exact) mass is 308 g/mol. The number of carboxylic acid groups (broad SMARTS) is 1. The number of nitrogens with one attached hydrogen (secondary N) is 1. The van der Waals surface area contributed by atoms with E-state index in [4.69, 9.17) is 5.11 Å². The van der Waals surface area contributed by atoms with Crippen molar-refractivity contribution < 1.29 is 14.7 Å². The highest BCUT2D eigenvalue weighted by Crippen LogP contribution is 2.39. The largest absolute Gasteiger partial charge is 0.481 e. The minimum absolute atomic E-state index is 0.00229. The lowest BCUT2D eigenvalue weighted by Gasteiger charge is -2.38. The van der Waals surface area contributed by atoms with Crippen LogP contribution in [-0.4, -0.2) is 34.1 Å². The molecule has 3 rings (SSSR count). The second kappa shape index (κ2) is 6.05. The molecule has 0 radical (unpaired) electrons. The highest BCUT2D eigenvalue weighted by molar-refractivity contribution is 7.07. The maximum atomic E-state index is 12.4. The van der Waals surface area contributed by atoms with Crippen molar-refractivity contribution in [1.29, 1.82) is 0 Å². The number of hydrogen-bond acceptors (Lipinski definition) is 3. The zero-order valence-electron chi connectivity index (χ0n) is 11.8. The fourth-order valence-corrected chi connectivity index (χ4v) is 4.37. The molecule has 3 heterocycles. The van der Waals surface area contributed by atoms with Gasteiger partial charge in [0.25, 0.3) is 0 Å². The van der Waals surface area contributed by atoms with Gasteiger partial charge in [0.2, 0.25) is 0 Å². The first-order chi connectivity index (χ1) is 10.1. The molecule has 21 heavy (non-hydrogen) atoms. The van der Waals surface area contributed by atoms with E-state index < -0.39 is 5.97 Å². The number of urea groups is 1. The second-order valence-electron chi connectivity index (χ2n) is 6.02. The molecule has 2 fully saturated rings. The average Bonchev–Trinajstić information content (AvgIpc) is 3.02. The molecule has 1 aromatic heterocycles. The summed E-state index contributed by atoms with van der Waals surface area (Å²) in [7, 11) is 0. The Balaban J connectivity index is 1.57. The number of piperidine rings is 1. The SMILES string of the molecule is O=C(O)CC1CC2CCC(C1)N2C(=O)NCc1ccsc1. The topological polar surface area (TPSA) is 69.6 Å². The van der Waals surface area contributed by atoms with Gasteiger partial charge in [-0.15, -0.1) is 0 Å².